The lowest BCUT2D eigenvalue weighted by Crippen LogP contribution is -2.28. The summed E-state index contributed by atoms with van der Waals surface area (Å²) in [7, 11) is 3.79. The molecule has 1 fully saturated rings. The fourth-order valence-corrected chi connectivity index (χ4v) is 1.07. The standard InChI is InChI=1S/C7H15NO/c1-8-7(3-4-7)5-6-9-2/h8H,3-6H2,1-2H3. The molecule has 54 valence electrons. The Morgan fingerprint density at radius 1 is 1.56 bits per heavy atom. The summed E-state index contributed by atoms with van der Waals surface area (Å²) in [6.07, 6.45) is 3.82. The fraction of sp³-hybridized carbons (Fsp3) is 1.00. The monoisotopic (exact) mass is 129 g/mol. The van der Waals surface area contributed by atoms with E-state index in [1.165, 1.54) is 19.3 Å². The highest BCUT2D eigenvalue weighted by Crippen LogP contribution is 2.37. The van der Waals surface area contributed by atoms with Gasteiger partial charge in [-0.3, -0.25) is 0 Å². The normalized spacial score (nSPS) is 22.0. The summed E-state index contributed by atoms with van der Waals surface area (Å²) in [4.78, 5) is 0. The van der Waals surface area contributed by atoms with E-state index in [1.807, 2.05) is 7.05 Å². The Bertz CT molecular complexity index is 88.9. The van der Waals surface area contributed by atoms with Crippen LogP contribution < -0.4 is 5.32 Å². The van der Waals surface area contributed by atoms with Crippen molar-refractivity contribution in [3.05, 3.63) is 0 Å². The molecule has 1 aliphatic rings. The molecule has 1 saturated carbocycles. The minimum absolute atomic E-state index is 0.468. The quantitative estimate of drug-likeness (QED) is 0.605. The molecule has 2 nitrogen and oxygen atoms in total. The van der Waals surface area contributed by atoms with Gasteiger partial charge in [-0.1, -0.05) is 0 Å². The van der Waals surface area contributed by atoms with Gasteiger partial charge in [0.25, 0.3) is 0 Å². The first-order valence-corrected chi connectivity index (χ1v) is 3.51. The Labute approximate surface area is 56.6 Å². The van der Waals surface area contributed by atoms with Gasteiger partial charge in [0.1, 0.15) is 0 Å². The molecule has 0 radical (unpaired) electrons. The topological polar surface area (TPSA) is 21.3 Å². The number of nitrogens with one attached hydrogen (secondary N) is 1. The maximum Gasteiger partial charge on any atom is 0.0479 e. The highest BCUT2D eigenvalue weighted by Gasteiger charge is 2.39. The Balaban J connectivity index is 2.10. The SMILES string of the molecule is CNC1(CCOC)CC1. The molecular weight excluding hydrogens is 114 g/mol. The Kier molecular flexibility index (Phi) is 2.09. The number of hydrogen-bond donors (Lipinski definition) is 1. The number of ether oxygens (including phenoxy) is 1. The van der Waals surface area contributed by atoms with Crippen LogP contribution >= 0.6 is 0 Å². The Hall–Kier alpha value is -0.0800. The smallest absolute Gasteiger partial charge is 0.0479 e. The molecule has 1 N–H and O–H groups in total. The molecule has 0 amide bonds. The van der Waals surface area contributed by atoms with Crippen molar-refractivity contribution in [3.63, 3.8) is 0 Å². The zero-order valence-corrected chi connectivity index (χ0v) is 6.24. The predicted molar refractivity (Wildman–Crippen MR) is 37.5 cm³/mol. The zero-order chi connectivity index (χ0) is 6.74. The molecule has 0 spiro atoms. The number of rotatable bonds is 4. The summed E-state index contributed by atoms with van der Waals surface area (Å²) in [6, 6.07) is 0. The average Bonchev–Trinajstić information content (AvgIpc) is 2.65. The Morgan fingerprint density at radius 2 is 2.22 bits per heavy atom. The first-order chi connectivity index (χ1) is 4.33. The van der Waals surface area contributed by atoms with Crippen LogP contribution in [0.25, 0.3) is 0 Å². The van der Waals surface area contributed by atoms with Gasteiger partial charge in [0.2, 0.25) is 0 Å². The molecular formula is C7H15NO. The van der Waals surface area contributed by atoms with Crippen molar-refractivity contribution in [2.45, 2.75) is 24.8 Å². The van der Waals surface area contributed by atoms with E-state index in [-0.39, 0.29) is 0 Å². The van der Waals surface area contributed by atoms with E-state index in [9.17, 15) is 0 Å². The van der Waals surface area contributed by atoms with Crippen LogP contribution in [0.1, 0.15) is 19.3 Å². The van der Waals surface area contributed by atoms with Gasteiger partial charge in [-0.2, -0.15) is 0 Å². The van der Waals surface area contributed by atoms with Crippen LogP contribution in [0.2, 0.25) is 0 Å². The second-order valence-corrected chi connectivity index (χ2v) is 2.77. The van der Waals surface area contributed by atoms with Crippen LogP contribution in [0.15, 0.2) is 0 Å². The maximum atomic E-state index is 4.98. The van der Waals surface area contributed by atoms with Gasteiger partial charge >= 0.3 is 0 Å². The van der Waals surface area contributed by atoms with Gasteiger partial charge in [-0.25, -0.2) is 0 Å². The van der Waals surface area contributed by atoms with E-state index in [2.05, 4.69) is 5.32 Å². The Morgan fingerprint density at radius 3 is 2.56 bits per heavy atom. The molecule has 9 heavy (non-hydrogen) atoms. The summed E-state index contributed by atoms with van der Waals surface area (Å²) >= 11 is 0. The molecule has 0 unspecified atom stereocenters. The minimum Gasteiger partial charge on any atom is -0.385 e. The minimum atomic E-state index is 0.468. The molecule has 1 rings (SSSR count). The molecule has 0 saturated heterocycles. The van der Waals surface area contributed by atoms with E-state index in [1.54, 1.807) is 7.11 Å². The van der Waals surface area contributed by atoms with Gasteiger partial charge in [-0.15, -0.1) is 0 Å². The summed E-state index contributed by atoms with van der Waals surface area (Å²) in [5, 5.41) is 3.31. The first kappa shape index (κ1) is 7.03. The third kappa shape index (κ3) is 1.66. The largest absolute Gasteiger partial charge is 0.385 e. The van der Waals surface area contributed by atoms with E-state index in [4.69, 9.17) is 4.74 Å². The highest BCUT2D eigenvalue weighted by molar-refractivity contribution is 5.00. The van der Waals surface area contributed by atoms with E-state index < -0.39 is 0 Å². The number of hydrogen-bond acceptors (Lipinski definition) is 2. The lowest BCUT2D eigenvalue weighted by atomic mass is 10.2. The van der Waals surface area contributed by atoms with Crippen LogP contribution in [0, 0.1) is 0 Å². The molecule has 0 heterocycles. The highest BCUT2D eigenvalue weighted by atomic mass is 16.5. The molecule has 0 aliphatic heterocycles. The van der Waals surface area contributed by atoms with Crippen molar-refractivity contribution in [1.29, 1.82) is 0 Å². The van der Waals surface area contributed by atoms with E-state index in [0.29, 0.717) is 5.54 Å². The fourth-order valence-electron chi connectivity index (χ4n) is 1.07. The molecule has 0 bridgehead atoms. The molecule has 2 heteroatoms. The van der Waals surface area contributed by atoms with Crippen LogP contribution in [-0.2, 0) is 4.74 Å². The van der Waals surface area contributed by atoms with Crippen molar-refractivity contribution in [3.8, 4) is 0 Å². The van der Waals surface area contributed by atoms with Gasteiger partial charge in [0, 0.05) is 19.3 Å². The summed E-state index contributed by atoms with van der Waals surface area (Å²) in [5.41, 5.74) is 0.468. The van der Waals surface area contributed by atoms with Crippen molar-refractivity contribution in [2.75, 3.05) is 20.8 Å². The van der Waals surface area contributed by atoms with Crippen molar-refractivity contribution < 1.29 is 4.74 Å². The zero-order valence-electron chi connectivity index (χ0n) is 6.24. The third-order valence-corrected chi connectivity index (χ3v) is 2.17. The molecule has 0 aromatic rings. The molecule has 0 aromatic carbocycles. The lowest BCUT2D eigenvalue weighted by Gasteiger charge is -2.11. The van der Waals surface area contributed by atoms with Crippen molar-refractivity contribution >= 4 is 0 Å². The first-order valence-electron chi connectivity index (χ1n) is 3.51. The van der Waals surface area contributed by atoms with Gasteiger partial charge in [-0.05, 0) is 26.3 Å². The second-order valence-electron chi connectivity index (χ2n) is 2.77. The third-order valence-electron chi connectivity index (χ3n) is 2.17. The van der Waals surface area contributed by atoms with Crippen LogP contribution in [-0.4, -0.2) is 26.3 Å². The van der Waals surface area contributed by atoms with E-state index >= 15 is 0 Å². The van der Waals surface area contributed by atoms with Crippen LogP contribution in [0.4, 0.5) is 0 Å². The van der Waals surface area contributed by atoms with Gasteiger partial charge in [0.05, 0.1) is 0 Å². The van der Waals surface area contributed by atoms with E-state index in [0.717, 1.165) is 6.61 Å². The lowest BCUT2D eigenvalue weighted by molar-refractivity contribution is 0.180. The van der Waals surface area contributed by atoms with Gasteiger partial charge < -0.3 is 10.1 Å². The van der Waals surface area contributed by atoms with Crippen LogP contribution in [0.3, 0.4) is 0 Å². The summed E-state index contributed by atoms with van der Waals surface area (Å²) in [6.45, 7) is 0.890. The summed E-state index contributed by atoms with van der Waals surface area (Å²) < 4.78 is 4.98. The number of methoxy groups -OCH3 is 1. The van der Waals surface area contributed by atoms with Crippen molar-refractivity contribution in [2.24, 2.45) is 0 Å². The van der Waals surface area contributed by atoms with Gasteiger partial charge in [0.15, 0.2) is 0 Å². The molecule has 0 atom stereocenters. The van der Waals surface area contributed by atoms with Crippen LogP contribution in [0.5, 0.6) is 0 Å². The van der Waals surface area contributed by atoms with Crippen molar-refractivity contribution in [1.82, 2.24) is 5.32 Å². The predicted octanol–water partition coefficient (Wildman–Crippen LogP) is 0.775. The summed E-state index contributed by atoms with van der Waals surface area (Å²) in [5.74, 6) is 0. The molecule has 0 aromatic heterocycles. The maximum absolute atomic E-state index is 4.98. The average molecular weight is 129 g/mol. The second kappa shape index (κ2) is 2.67. The molecule has 1 aliphatic carbocycles.